The Morgan fingerprint density at radius 1 is 1.48 bits per heavy atom. The van der Waals surface area contributed by atoms with Crippen LogP contribution in [0.5, 0.6) is 5.88 Å². The van der Waals surface area contributed by atoms with Gasteiger partial charge in [-0.1, -0.05) is 0 Å². The Kier molecular flexibility index (Phi) is 4.11. The SMILES string of the molecule is CCNC(=O)Nc1cc(=NC2CC2)n2nc/c(=C\c3[nH]c(=O)[nH]c3O)c2n1. The molecular weight excluding hydrogens is 352 g/mol. The molecule has 0 unspecified atom stereocenters. The van der Waals surface area contributed by atoms with Gasteiger partial charge in [-0.3, -0.25) is 15.3 Å². The van der Waals surface area contributed by atoms with Gasteiger partial charge in [-0.15, -0.1) is 0 Å². The van der Waals surface area contributed by atoms with E-state index in [1.165, 1.54) is 0 Å². The average molecular weight is 370 g/mol. The Balaban J connectivity index is 1.88. The van der Waals surface area contributed by atoms with Crippen LogP contribution < -0.4 is 27.0 Å². The molecule has 0 atom stereocenters. The van der Waals surface area contributed by atoms with Gasteiger partial charge in [0, 0.05) is 17.8 Å². The van der Waals surface area contributed by atoms with Crippen molar-refractivity contribution in [2.45, 2.75) is 25.8 Å². The number of H-pyrrole nitrogens is 2. The van der Waals surface area contributed by atoms with E-state index in [0.717, 1.165) is 12.8 Å². The number of carbonyl (C=O) groups excluding carboxylic acids is 1. The first-order chi connectivity index (χ1) is 13.0. The maximum atomic E-state index is 11.9. The number of carbonyl (C=O) groups is 1. The van der Waals surface area contributed by atoms with Crippen molar-refractivity contribution in [3.05, 3.63) is 39.1 Å². The summed E-state index contributed by atoms with van der Waals surface area (Å²) in [7, 11) is 0. The zero-order valence-corrected chi connectivity index (χ0v) is 14.5. The van der Waals surface area contributed by atoms with Crippen LogP contribution in [0.15, 0.2) is 22.1 Å². The number of hydrogen-bond acceptors (Lipinski definition) is 6. The topological polar surface area (TPSA) is 153 Å². The number of aromatic hydroxyl groups is 1. The fourth-order valence-corrected chi connectivity index (χ4v) is 2.58. The lowest BCUT2D eigenvalue weighted by molar-refractivity contribution is 0.252. The first-order valence-electron chi connectivity index (χ1n) is 8.54. The van der Waals surface area contributed by atoms with Gasteiger partial charge in [0.05, 0.1) is 12.2 Å². The van der Waals surface area contributed by atoms with E-state index in [0.29, 0.717) is 28.7 Å². The van der Waals surface area contributed by atoms with Crippen molar-refractivity contribution in [3.8, 4) is 5.88 Å². The van der Waals surface area contributed by atoms with Gasteiger partial charge >= 0.3 is 11.7 Å². The minimum absolute atomic E-state index is 0.208. The largest absolute Gasteiger partial charge is 0.493 e. The number of aromatic amines is 2. The normalized spacial score (nSPS) is 15.4. The van der Waals surface area contributed by atoms with E-state index in [-0.39, 0.29) is 23.6 Å². The third kappa shape index (κ3) is 3.52. The van der Waals surface area contributed by atoms with Gasteiger partial charge < -0.3 is 15.4 Å². The van der Waals surface area contributed by atoms with E-state index in [9.17, 15) is 14.7 Å². The van der Waals surface area contributed by atoms with Gasteiger partial charge in [0.15, 0.2) is 11.1 Å². The summed E-state index contributed by atoms with van der Waals surface area (Å²) < 4.78 is 1.56. The van der Waals surface area contributed by atoms with Gasteiger partial charge in [-0.2, -0.15) is 9.61 Å². The molecule has 5 N–H and O–H groups in total. The Bertz CT molecular complexity index is 1180. The highest BCUT2D eigenvalue weighted by atomic mass is 16.3. The number of imidazole rings is 1. The minimum atomic E-state index is -0.522. The lowest BCUT2D eigenvalue weighted by Gasteiger charge is -2.05. The van der Waals surface area contributed by atoms with Crippen LogP contribution in [0.25, 0.3) is 11.7 Å². The summed E-state index contributed by atoms with van der Waals surface area (Å²) in [6.07, 6.45) is 5.12. The molecule has 4 rings (SSSR count). The van der Waals surface area contributed by atoms with Crippen LogP contribution in [0.2, 0.25) is 0 Å². The summed E-state index contributed by atoms with van der Waals surface area (Å²) in [5, 5.41) is 19.9. The molecule has 0 aromatic carbocycles. The molecule has 3 heterocycles. The van der Waals surface area contributed by atoms with Crippen LogP contribution in [0.4, 0.5) is 10.6 Å². The highest BCUT2D eigenvalue weighted by Gasteiger charge is 2.20. The van der Waals surface area contributed by atoms with E-state index in [2.05, 4.69) is 35.7 Å². The second-order valence-corrected chi connectivity index (χ2v) is 6.17. The second-order valence-electron chi connectivity index (χ2n) is 6.17. The molecule has 3 aromatic rings. The van der Waals surface area contributed by atoms with E-state index >= 15 is 0 Å². The second kappa shape index (κ2) is 6.59. The Morgan fingerprint density at radius 3 is 2.96 bits per heavy atom. The number of anilines is 1. The summed E-state index contributed by atoms with van der Waals surface area (Å²) >= 11 is 0. The maximum Gasteiger partial charge on any atom is 0.326 e. The van der Waals surface area contributed by atoms with Crippen LogP contribution in [0.1, 0.15) is 25.5 Å². The van der Waals surface area contributed by atoms with Gasteiger partial charge in [-0.05, 0) is 25.8 Å². The lowest BCUT2D eigenvalue weighted by atomic mass is 10.3. The minimum Gasteiger partial charge on any atom is -0.493 e. The van der Waals surface area contributed by atoms with Crippen LogP contribution in [0.3, 0.4) is 0 Å². The highest BCUT2D eigenvalue weighted by molar-refractivity contribution is 5.88. The molecule has 2 amide bonds. The van der Waals surface area contributed by atoms with E-state index in [4.69, 9.17) is 0 Å². The Morgan fingerprint density at radius 2 is 2.30 bits per heavy atom. The maximum absolute atomic E-state index is 11.9. The van der Waals surface area contributed by atoms with Crippen molar-refractivity contribution in [2.24, 2.45) is 4.99 Å². The van der Waals surface area contributed by atoms with Gasteiger partial charge in [-0.25, -0.2) is 14.6 Å². The standard InChI is InChI=1S/C16H18N8O3/c1-2-17-15(26)22-11-6-12(19-9-3-4-9)24-13(21-11)8(7-18-24)5-10-14(25)23-16(27)20-10/h5-7,9,25H,2-4H2,1H3,(H2,17,22,26)(H2,20,23,27)/b8-5+,19-12?. The number of hydrogen-bond donors (Lipinski definition) is 5. The Hall–Kier alpha value is -3.63. The molecule has 1 aliphatic carbocycles. The molecule has 0 saturated heterocycles. The van der Waals surface area contributed by atoms with Gasteiger partial charge in [0.25, 0.3) is 0 Å². The average Bonchev–Trinajstić information content (AvgIpc) is 3.24. The molecule has 1 saturated carbocycles. The number of urea groups is 1. The molecule has 140 valence electrons. The molecule has 11 nitrogen and oxygen atoms in total. The van der Waals surface area contributed by atoms with E-state index in [1.807, 2.05) is 6.92 Å². The zero-order chi connectivity index (χ0) is 19.0. The monoisotopic (exact) mass is 370 g/mol. The number of aromatic nitrogens is 5. The summed E-state index contributed by atoms with van der Waals surface area (Å²) in [5.41, 5.74) is 0.691. The summed E-state index contributed by atoms with van der Waals surface area (Å²) in [5.74, 6) is 0.0497. The lowest BCUT2D eigenvalue weighted by Crippen LogP contribution is -2.30. The number of rotatable bonds is 4. The molecule has 1 aliphatic rings. The third-order valence-corrected chi connectivity index (χ3v) is 3.96. The van der Waals surface area contributed by atoms with E-state index in [1.54, 1.807) is 22.9 Å². The molecule has 27 heavy (non-hydrogen) atoms. The quantitative estimate of drug-likeness (QED) is 0.407. The molecule has 11 heteroatoms. The number of nitrogens with zero attached hydrogens (tertiary/aromatic N) is 4. The fraction of sp³-hybridized carbons (Fsp3) is 0.312. The predicted octanol–water partition coefficient (Wildman–Crippen LogP) is -0.796. The number of fused-ring (bicyclic) bond motifs is 1. The van der Waals surface area contributed by atoms with Crippen molar-refractivity contribution >= 4 is 23.6 Å². The first-order valence-corrected chi connectivity index (χ1v) is 8.54. The van der Waals surface area contributed by atoms with Crippen molar-refractivity contribution in [1.82, 2.24) is 29.9 Å². The van der Waals surface area contributed by atoms with Crippen molar-refractivity contribution in [2.75, 3.05) is 11.9 Å². The van der Waals surface area contributed by atoms with Gasteiger partial charge in [0.1, 0.15) is 11.5 Å². The van der Waals surface area contributed by atoms with Crippen molar-refractivity contribution in [3.63, 3.8) is 0 Å². The molecule has 0 aliphatic heterocycles. The zero-order valence-electron chi connectivity index (χ0n) is 14.5. The number of nitrogens with one attached hydrogen (secondary N) is 4. The molecule has 0 bridgehead atoms. The highest BCUT2D eigenvalue weighted by Crippen LogP contribution is 2.22. The number of amides is 2. The summed E-state index contributed by atoms with van der Waals surface area (Å²) in [6.45, 7) is 2.30. The van der Waals surface area contributed by atoms with Crippen molar-refractivity contribution in [1.29, 1.82) is 0 Å². The molecule has 1 fully saturated rings. The van der Waals surface area contributed by atoms with Crippen LogP contribution in [-0.2, 0) is 0 Å². The molecule has 0 spiro atoms. The van der Waals surface area contributed by atoms with E-state index < -0.39 is 5.69 Å². The molecule has 0 radical (unpaired) electrons. The molecule has 3 aromatic heterocycles. The van der Waals surface area contributed by atoms with Crippen LogP contribution in [0, 0.1) is 0 Å². The summed E-state index contributed by atoms with van der Waals surface area (Å²) in [4.78, 5) is 37.0. The predicted molar refractivity (Wildman–Crippen MR) is 96.1 cm³/mol. The third-order valence-electron chi connectivity index (χ3n) is 3.96. The van der Waals surface area contributed by atoms with Crippen LogP contribution in [-0.4, -0.2) is 48.3 Å². The first kappa shape index (κ1) is 16.8. The molecular formula is C16H18N8O3. The van der Waals surface area contributed by atoms with Crippen LogP contribution >= 0.6 is 0 Å². The smallest absolute Gasteiger partial charge is 0.326 e. The Labute approximate surface area is 151 Å². The van der Waals surface area contributed by atoms with Gasteiger partial charge in [0.2, 0.25) is 5.88 Å². The summed E-state index contributed by atoms with van der Waals surface area (Å²) in [6, 6.07) is 1.53. The van der Waals surface area contributed by atoms with Crippen molar-refractivity contribution < 1.29 is 9.90 Å². The fourth-order valence-electron chi connectivity index (χ4n) is 2.58.